The molecule has 4 heteroatoms. The number of primary amides is 1. The highest BCUT2D eigenvalue weighted by atomic mass is 16.1. The zero-order chi connectivity index (χ0) is 14.5. The van der Waals surface area contributed by atoms with Crippen molar-refractivity contribution in [2.45, 2.75) is 39.0 Å². The molecule has 0 saturated carbocycles. The third-order valence-electron chi connectivity index (χ3n) is 4.21. The molecule has 0 radical (unpaired) electrons. The van der Waals surface area contributed by atoms with Gasteiger partial charge in [0.2, 0.25) is 0 Å². The van der Waals surface area contributed by atoms with Crippen molar-refractivity contribution >= 4 is 17.3 Å². The zero-order valence-electron chi connectivity index (χ0n) is 12.3. The molecule has 110 valence electrons. The molecule has 1 atom stereocenters. The number of anilines is 2. The molecule has 20 heavy (non-hydrogen) atoms. The van der Waals surface area contributed by atoms with Gasteiger partial charge in [-0.05, 0) is 43.4 Å². The number of nitrogens with two attached hydrogens (primary N) is 2. The quantitative estimate of drug-likeness (QED) is 0.830. The largest absolute Gasteiger partial charge is 0.398 e. The topological polar surface area (TPSA) is 72.3 Å². The van der Waals surface area contributed by atoms with Gasteiger partial charge in [0.15, 0.2) is 0 Å². The van der Waals surface area contributed by atoms with Gasteiger partial charge in [-0.3, -0.25) is 4.79 Å². The summed E-state index contributed by atoms with van der Waals surface area (Å²) in [5.74, 6) is 0.387. The lowest BCUT2D eigenvalue weighted by Gasteiger charge is -2.23. The van der Waals surface area contributed by atoms with E-state index in [1.165, 1.54) is 32.1 Å². The zero-order valence-corrected chi connectivity index (χ0v) is 12.3. The molecule has 2 rings (SSSR count). The van der Waals surface area contributed by atoms with E-state index in [0.717, 1.165) is 24.7 Å². The molecule has 1 aliphatic heterocycles. The maximum atomic E-state index is 11.4. The lowest BCUT2D eigenvalue weighted by molar-refractivity contribution is 0.100. The highest BCUT2D eigenvalue weighted by Crippen LogP contribution is 2.27. The second-order valence-corrected chi connectivity index (χ2v) is 5.71. The number of nitrogen functional groups attached to an aromatic ring is 1. The Labute approximate surface area is 121 Å². The molecule has 0 aliphatic carbocycles. The van der Waals surface area contributed by atoms with E-state index in [1.807, 2.05) is 12.1 Å². The Kier molecular flexibility index (Phi) is 4.88. The summed E-state index contributed by atoms with van der Waals surface area (Å²) >= 11 is 0. The fourth-order valence-electron chi connectivity index (χ4n) is 3.07. The molecule has 4 nitrogen and oxygen atoms in total. The van der Waals surface area contributed by atoms with Crippen LogP contribution in [0.25, 0.3) is 0 Å². The molecular weight excluding hydrogens is 250 g/mol. The molecule has 1 aromatic carbocycles. The molecule has 0 bridgehead atoms. The molecule has 1 heterocycles. The highest BCUT2D eigenvalue weighted by Gasteiger charge is 2.18. The second kappa shape index (κ2) is 6.64. The third kappa shape index (κ3) is 3.44. The summed E-state index contributed by atoms with van der Waals surface area (Å²) in [4.78, 5) is 13.7. The fourth-order valence-corrected chi connectivity index (χ4v) is 3.07. The van der Waals surface area contributed by atoms with Crippen LogP contribution in [0, 0.1) is 5.92 Å². The minimum Gasteiger partial charge on any atom is -0.398 e. The lowest BCUT2D eigenvalue weighted by atomic mass is 9.96. The summed E-state index contributed by atoms with van der Waals surface area (Å²) in [7, 11) is 0. The number of carbonyl (C=O) groups is 1. The summed E-state index contributed by atoms with van der Waals surface area (Å²) in [5, 5.41) is 0. The Morgan fingerprint density at radius 1 is 1.35 bits per heavy atom. The Morgan fingerprint density at radius 3 is 2.85 bits per heavy atom. The van der Waals surface area contributed by atoms with Crippen molar-refractivity contribution in [3.63, 3.8) is 0 Å². The summed E-state index contributed by atoms with van der Waals surface area (Å²) in [6, 6.07) is 5.60. The van der Waals surface area contributed by atoms with Crippen LogP contribution in [0.3, 0.4) is 0 Å². The van der Waals surface area contributed by atoms with E-state index in [9.17, 15) is 4.79 Å². The van der Waals surface area contributed by atoms with Crippen molar-refractivity contribution in [3.05, 3.63) is 23.8 Å². The number of benzene rings is 1. The van der Waals surface area contributed by atoms with E-state index >= 15 is 0 Å². The van der Waals surface area contributed by atoms with Crippen LogP contribution in [0.5, 0.6) is 0 Å². The predicted octanol–water partition coefficient (Wildman–Crippen LogP) is 2.77. The van der Waals surface area contributed by atoms with Gasteiger partial charge < -0.3 is 16.4 Å². The van der Waals surface area contributed by atoms with Crippen molar-refractivity contribution in [2.24, 2.45) is 11.7 Å². The molecule has 1 aliphatic rings. The molecule has 1 unspecified atom stereocenters. The number of amides is 1. The van der Waals surface area contributed by atoms with E-state index < -0.39 is 5.91 Å². The SMILES string of the molecule is CCCC1CCCN(c2ccc(N)c(C(N)=O)c2)CC1. The van der Waals surface area contributed by atoms with Crippen molar-refractivity contribution in [2.75, 3.05) is 23.7 Å². The van der Waals surface area contributed by atoms with Crippen LogP contribution in [-0.2, 0) is 0 Å². The van der Waals surface area contributed by atoms with Gasteiger partial charge in [0.05, 0.1) is 5.56 Å². The Hall–Kier alpha value is -1.71. The summed E-state index contributed by atoms with van der Waals surface area (Å²) in [6.07, 6.45) is 6.33. The van der Waals surface area contributed by atoms with Gasteiger partial charge in [-0.15, -0.1) is 0 Å². The summed E-state index contributed by atoms with van der Waals surface area (Å²) in [5.41, 5.74) is 13.1. The van der Waals surface area contributed by atoms with Crippen LogP contribution in [0.1, 0.15) is 49.4 Å². The minimum atomic E-state index is -0.456. The first-order valence-electron chi connectivity index (χ1n) is 7.56. The predicted molar refractivity (Wildman–Crippen MR) is 83.8 cm³/mol. The van der Waals surface area contributed by atoms with Crippen molar-refractivity contribution < 1.29 is 4.79 Å². The first-order chi connectivity index (χ1) is 9.61. The van der Waals surface area contributed by atoms with E-state index in [-0.39, 0.29) is 0 Å². The van der Waals surface area contributed by atoms with Gasteiger partial charge in [-0.25, -0.2) is 0 Å². The number of hydrogen-bond acceptors (Lipinski definition) is 3. The normalized spacial score (nSPS) is 19.6. The molecule has 1 aromatic rings. The van der Waals surface area contributed by atoms with Gasteiger partial charge in [0, 0.05) is 24.5 Å². The molecule has 1 saturated heterocycles. The van der Waals surface area contributed by atoms with Gasteiger partial charge in [-0.2, -0.15) is 0 Å². The maximum absolute atomic E-state index is 11.4. The number of nitrogens with zero attached hydrogens (tertiary/aromatic N) is 1. The van der Waals surface area contributed by atoms with Crippen molar-refractivity contribution in [1.82, 2.24) is 0 Å². The number of carbonyl (C=O) groups excluding carboxylic acids is 1. The van der Waals surface area contributed by atoms with Crippen LogP contribution >= 0.6 is 0 Å². The van der Waals surface area contributed by atoms with E-state index in [1.54, 1.807) is 6.07 Å². The molecule has 0 aromatic heterocycles. The van der Waals surface area contributed by atoms with Crippen LogP contribution in [0.15, 0.2) is 18.2 Å². The van der Waals surface area contributed by atoms with E-state index in [4.69, 9.17) is 11.5 Å². The second-order valence-electron chi connectivity index (χ2n) is 5.71. The monoisotopic (exact) mass is 275 g/mol. The number of hydrogen-bond donors (Lipinski definition) is 2. The van der Waals surface area contributed by atoms with Gasteiger partial charge in [-0.1, -0.05) is 19.8 Å². The molecule has 0 spiro atoms. The third-order valence-corrected chi connectivity index (χ3v) is 4.21. The average molecular weight is 275 g/mol. The average Bonchev–Trinajstić information content (AvgIpc) is 2.65. The van der Waals surface area contributed by atoms with E-state index in [2.05, 4.69) is 11.8 Å². The van der Waals surface area contributed by atoms with Gasteiger partial charge in [0.1, 0.15) is 0 Å². The molecule has 4 N–H and O–H groups in total. The first-order valence-corrected chi connectivity index (χ1v) is 7.56. The number of rotatable bonds is 4. The van der Waals surface area contributed by atoms with Crippen molar-refractivity contribution in [1.29, 1.82) is 0 Å². The van der Waals surface area contributed by atoms with Crippen LogP contribution < -0.4 is 16.4 Å². The minimum absolute atomic E-state index is 0.428. The van der Waals surface area contributed by atoms with Gasteiger partial charge >= 0.3 is 0 Å². The first kappa shape index (κ1) is 14.7. The smallest absolute Gasteiger partial charge is 0.250 e. The van der Waals surface area contributed by atoms with Crippen molar-refractivity contribution in [3.8, 4) is 0 Å². The van der Waals surface area contributed by atoms with Crippen LogP contribution in [0.2, 0.25) is 0 Å². The molecule has 1 fully saturated rings. The summed E-state index contributed by atoms with van der Waals surface area (Å²) in [6.45, 7) is 4.34. The summed E-state index contributed by atoms with van der Waals surface area (Å²) < 4.78 is 0. The van der Waals surface area contributed by atoms with Crippen LogP contribution in [0.4, 0.5) is 11.4 Å². The Bertz CT molecular complexity index is 473. The Morgan fingerprint density at radius 2 is 2.15 bits per heavy atom. The lowest BCUT2D eigenvalue weighted by Crippen LogP contribution is -2.25. The van der Waals surface area contributed by atoms with Crippen LogP contribution in [-0.4, -0.2) is 19.0 Å². The molecular formula is C16H25N3O. The maximum Gasteiger partial charge on any atom is 0.250 e. The standard InChI is InChI=1S/C16H25N3O/c1-2-4-12-5-3-9-19(10-8-12)13-6-7-15(17)14(11-13)16(18)20/h6-7,11-12H,2-5,8-10,17H2,1H3,(H2,18,20). The highest BCUT2D eigenvalue weighted by molar-refractivity contribution is 5.99. The molecule has 1 amide bonds. The Balaban J connectivity index is 2.11. The van der Waals surface area contributed by atoms with Gasteiger partial charge in [0.25, 0.3) is 5.91 Å². The van der Waals surface area contributed by atoms with E-state index in [0.29, 0.717) is 11.3 Å². The fraction of sp³-hybridized carbons (Fsp3) is 0.562.